The third kappa shape index (κ3) is 2.75. The van der Waals surface area contributed by atoms with Gasteiger partial charge in [-0.25, -0.2) is 4.98 Å². The van der Waals surface area contributed by atoms with E-state index in [2.05, 4.69) is 28.8 Å². The first-order valence-electron chi connectivity index (χ1n) is 7.82. The predicted molar refractivity (Wildman–Crippen MR) is 84.1 cm³/mol. The summed E-state index contributed by atoms with van der Waals surface area (Å²) < 4.78 is 1.33. The molecule has 0 bridgehead atoms. The Balaban J connectivity index is 1.88. The van der Waals surface area contributed by atoms with Crippen LogP contribution in [0.15, 0.2) is 18.3 Å². The molecule has 2 aromatic heterocycles. The van der Waals surface area contributed by atoms with Crippen molar-refractivity contribution < 1.29 is 4.92 Å². The van der Waals surface area contributed by atoms with Gasteiger partial charge in [-0.1, -0.05) is 23.5 Å². The molecule has 2 aromatic rings. The van der Waals surface area contributed by atoms with Gasteiger partial charge in [0.05, 0.1) is 0 Å². The molecule has 0 amide bonds. The van der Waals surface area contributed by atoms with Crippen LogP contribution in [0.5, 0.6) is 0 Å². The van der Waals surface area contributed by atoms with Crippen molar-refractivity contribution in [3.8, 4) is 0 Å². The van der Waals surface area contributed by atoms with Gasteiger partial charge in [0.2, 0.25) is 5.65 Å². The van der Waals surface area contributed by atoms with E-state index in [1.165, 1.54) is 23.6 Å². The van der Waals surface area contributed by atoms with Gasteiger partial charge in [-0.05, 0) is 42.6 Å². The summed E-state index contributed by atoms with van der Waals surface area (Å²) in [4.78, 5) is 16.9. The molecule has 1 unspecified atom stereocenters. The normalized spacial score (nSPS) is 18.5. The van der Waals surface area contributed by atoms with Gasteiger partial charge < -0.3 is 15.0 Å². The maximum Gasteiger partial charge on any atom is 0.368 e. The smallest absolute Gasteiger partial charge is 0.358 e. The van der Waals surface area contributed by atoms with Gasteiger partial charge >= 0.3 is 5.82 Å². The molecule has 7 heteroatoms. The van der Waals surface area contributed by atoms with Crippen LogP contribution >= 0.6 is 0 Å². The van der Waals surface area contributed by atoms with E-state index >= 15 is 0 Å². The molecule has 3 heterocycles. The average molecular weight is 303 g/mol. The molecule has 0 aromatic carbocycles. The van der Waals surface area contributed by atoms with E-state index in [1.54, 1.807) is 6.07 Å². The van der Waals surface area contributed by atoms with E-state index in [-0.39, 0.29) is 5.82 Å². The van der Waals surface area contributed by atoms with Crippen molar-refractivity contribution in [1.82, 2.24) is 14.6 Å². The molecule has 7 nitrogen and oxygen atoms in total. The van der Waals surface area contributed by atoms with Gasteiger partial charge in [-0.15, -0.1) is 0 Å². The highest BCUT2D eigenvalue weighted by Gasteiger charge is 2.27. The summed E-state index contributed by atoms with van der Waals surface area (Å²) in [6.45, 7) is 5.43. The number of nitro groups is 1. The number of imidazole rings is 1. The molecule has 0 radical (unpaired) electrons. The summed E-state index contributed by atoms with van der Waals surface area (Å²) in [5, 5.41) is 15.5. The van der Waals surface area contributed by atoms with Gasteiger partial charge in [-0.3, -0.25) is 0 Å². The Morgan fingerprint density at radius 3 is 3.00 bits per heavy atom. The molecular formula is C15H21N5O2. The van der Waals surface area contributed by atoms with Gasteiger partial charge in [0.25, 0.3) is 0 Å². The summed E-state index contributed by atoms with van der Waals surface area (Å²) in [5.74, 6) is 1.40. The second kappa shape index (κ2) is 5.90. The zero-order valence-corrected chi connectivity index (χ0v) is 13.0. The third-order valence-electron chi connectivity index (χ3n) is 4.27. The van der Waals surface area contributed by atoms with Crippen LogP contribution in [0.25, 0.3) is 5.65 Å². The summed E-state index contributed by atoms with van der Waals surface area (Å²) in [7, 11) is 0. The number of hydrogen-bond donors (Lipinski definition) is 0. The number of rotatable bonds is 5. The second-order valence-electron chi connectivity index (χ2n) is 6.30. The fraction of sp³-hybridized carbons (Fsp3) is 0.600. The Morgan fingerprint density at radius 1 is 1.45 bits per heavy atom. The molecule has 0 spiro atoms. The van der Waals surface area contributed by atoms with Crippen LogP contribution in [0, 0.1) is 16.0 Å². The van der Waals surface area contributed by atoms with Gasteiger partial charge in [-0.2, -0.15) is 0 Å². The highest BCUT2D eigenvalue weighted by molar-refractivity contribution is 5.50. The van der Waals surface area contributed by atoms with Gasteiger partial charge in [0.15, 0.2) is 5.82 Å². The van der Waals surface area contributed by atoms with Crippen molar-refractivity contribution in [3.05, 3.63) is 28.4 Å². The van der Waals surface area contributed by atoms with Crippen molar-refractivity contribution in [1.29, 1.82) is 0 Å². The van der Waals surface area contributed by atoms with E-state index in [4.69, 9.17) is 0 Å². The topological polar surface area (TPSA) is 76.6 Å². The zero-order valence-electron chi connectivity index (χ0n) is 13.0. The van der Waals surface area contributed by atoms with Crippen LogP contribution in [-0.2, 0) is 0 Å². The lowest BCUT2D eigenvalue weighted by atomic mass is 10.0. The Labute approximate surface area is 129 Å². The summed E-state index contributed by atoms with van der Waals surface area (Å²) >= 11 is 0. The molecule has 0 N–H and O–H groups in total. The molecule has 118 valence electrons. The van der Waals surface area contributed by atoms with Crippen molar-refractivity contribution in [3.63, 3.8) is 0 Å². The first kappa shape index (κ1) is 14.7. The fourth-order valence-corrected chi connectivity index (χ4v) is 3.09. The van der Waals surface area contributed by atoms with E-state index in [1.807, 2.05) is 6.07 Å². The molecular weight excluding hydrogens is 282 g/mol. The molecule has 22 heavy (non-hydrogen) atoms. The van der Waals surface area contributed by atoms with Crippen LogP contribution in [0.1, 0.15) is 39.5 Å². The lowest BCUT2D eigenvalue weighted by molar-refractivity contribution is -0.391. The number of hydrogen-bond acceptors (Lipinski definition) is 5. The van der Waals surface area contributed by atoms with Crippen LogP contribution in [-0.4, -0.2) is 32.1 Å². The lowest BCUT2D eigenvalue weighted by Crippen LogP contribution is -2.30. The molecule has 3 rings (SSSR count). The minimum absolute atomic E-state index is 0.0882. The zero-order chi connectivity index (χ0) is 15.7. The Hall–Kier alpha value is -2.18. The van der Waals surface area contributed by atoms with Crippen molar-refractivity contribution in [2.45, 2.75) is 45.6 Å². The number of nitrogens with zero attached hydrogens (tertiary/aromatic N) is 5. The van der Waals surface area contributed by atoms with Crippen molar-refractivity contribution in [2.75, 3.05) is 11.4 Å². The standard InChI is InChI=1S/C15H21N5O2/c1-11(2)5-6-12-4-3-9-18(12)14-8-7-13-16-10-15(20(21)22)19(13)17-14/h7-8,10-12H,3-6,9H2,1-2H3. The van der Waals surface area contributed by atoms with Crippen molar-refractivity contribution >= 4 is 17.3 Å². The van der Waals surface area contributed by atoms with E-state index in [9.17, 15) is 10.1 Å². The highest BCUT2D eigenvalue weighted by Crippen LogP contribution is 2.28. The maximum absolute atomic E-state index is 11.0. The highest BCUT2D eigenvalue weighted by atomic mass is 16.6. The van der Waals surface area contributed by atoms with Gasteiger partial charge in [0.1, 0.15) is 6.20 Å². The molecule has 1 aliphatic rings. The molecule has 1 saturated heterocycles. The largest absolute Gasteiger partial charge is 0.368 e. The molecule has 1 aliphatic heterocycles. The molecule has 0 saturated carbocycles. The van der Waals surface area contributed by atoms with E-state index in [0.29, 0.717) is 17.6 Å². The SMILES string of the molecule is CC(C)CCC1CCCN1c1ccc2ncc([N+](=O)[O-])n2n1. The minimum Gasteiger partial charge on any atom is -0.358 e. The summed E-state index contributed by atoms with van der Waals surface area (Å²) in [6, 6.07) is 4.20. The predicted octanol–water partition coefficient (Wildman–Crippen LogP) is 3.04. The Kier molecular flexibility index (Phi) is 3.96. The average Bonchev–Trinajstić information content (AvgIpc) is 3.10. The van der Waals surface area contributed by atoms with Gasteiger partial charge in [0, 0.05) is 18.7 Å². The Bertz CT molecular complexity index is 682. The first-order chi connectivity index (χ1) is 10.6. The van der Waals surface area contributed by atoms with Crippen LogP contribution < -0.4 is 4.90 Å². The molecule has 1 atom stereocenters. The quantitative estimate of drug-likeness (QED) is 0.626. The van der Waals surface area contributed by atoms with E-state index < -0.39 is 4.92 Å². The van der Waals surface area contributed by atoms with Crippen LogP contribution in [0.4, 0.5) is 11.6 Å². The Morgan fingerprint density at radius 2 is 2.27 bits per heavy atom. The second-order valence-corrected chi connectivity index (χ2v) is 6.30. The lowest BCUT2D eigenvalue weighted by Gasteiger charge is -2.25. The first-order valence-corrected chi connectivity index (χ1v) is 7.82. The fourth-order valence-electron chi connectivity index (χ4n) is 3.09. The molecule has 0 aliphatic carbocycles. The van der Waals surface area contributed by atoms with E-state index in [0.717, 1.165) is 25.2 Å². The monoisotopic (exact) mass is 303 g/mol. The van der Waals surface area contributed by atoms with Crippen LogP contribution in [0.3, 0.4) is 0 Å². The third-order valence-corrected chi connectivity index (χ3v) is 4.27. The molecule has 1 fully saturated rings. The number of anilines is 1. The summed E-state index contributed by atoms with van der Waals surface area (Å²) in [5.41, 5.74) is 0.508. The van der Waals surface area contributed by atoms with Crippen LogP contribution in [0.2, 0.25) is 0 Å². The minimum atomic E-state index is -0.447. The number of fused-ring (bicyclic) bond motifs is 1. The number of aromatic nitrogens is 3. The summed E-state index contributed by atoms with van der Waals surface area (Å²) in [6.07, 6.45) is 5.90. The maximum atomic E-state index is 11.0. The van der Waals surface area contributed by atoms with Crippen molar-refractivity contribution in [2.24, 2.45) is 5.92 Å².